The lowest BCUT2D eigenvalue weighted by Gasteiger charge is -2.15. The van der Waals surface area contributed by atoms with Crippen LogP contribution in [0.5, 0.6) is 0 Å². The monoisotopic (exact) mass is 401 g/mol. The summed E-state index contributed by atoms with van der Waals surface area (Å²) in [5, 5.41) is 0. The summed E-state index contributed by atoms with van der Waals surface area (Å²) >= 11 is 0. The van der Waals surface area contributed by atoms with E-state index in [9.17, 15) is 4.21 Å². The number of aromatic nitrogens is 2. The van der Waals surface area contributed by atoms with Gasteiger partial charge in [0.2, 0.25) is 0 Å². The van der Waals surface area contributed by atoms with Crippen molar-refractivity contribution in [3.05, 3.63) is 89.7 Å². The van der Waals surface area contributed by atoms with Crippen molar-refractivity contribution in [2.45, 2.75) is 25.4 Å². The summed E-state index contributed by atoms with van der Waals surface area (Å²) in [7, 11) is -0.998. The maximum atomic E-state index is 11.2. The third-order valence-electron chi connectivity index (χ3n) is 5.67. The molecule has 4 aromatic rings. The van der Waals surface area contributed by atoms with Crippen LogP contribution in [0, 0.1) is 0 Å². The molecule has 0 spiro atoms. The number of aryl methyl sites for hydroxylation is 1. The van der Waals surface area contributed by atoms with Gasteiger partial charge >= 0.3 is 0 Å². The molecule has 1 N–H and O–H groups in total. The minimum atomic E-state index is -0.998. The van der Waals surface area contributed by atoms with Gasteiger partial charge in [0.05, 0.1) is 28.1 Å². The Bertz CT molecular complexity index is 1180. The largest absolute Gasteiger partial charge is 0.320 e. The molecule has 146 valence electrons. The van der Waals surface area contributed by atoms with E-state index in [1.165, 1.54) is 28.0 Å². The summed E-state index contributed by atoms with van der Waals surface area (Å²) in [4.78, 5) is 4.88. The van der Waals surface area contributed by atoms with Crippen molar-refractivity contribution in [1.29, 1.82) is 0 Å². The number of fused-ring (bicyclic) bond motifs is 3. The lowest BCUT2D eigenvalue weighted by Crippen LogP contribution is -2.14. The van der Waals surface area contributed by atoms with Gasteiger partial charge in [-0.05, 0) is 40.8 Å². The van der Waals surface area contributed by atoms with Gasteiger partial charge in [0, 0.05) is 19.2 Å². The molecule has 0 saturated heterocycles. The molecule has 0 radical (unpaired) electrons. The predicted octanol–water partition coefficient (Wildman–Crippen LogP) is 4.62. The highest BCUT2D eigenvalue weighted by Crippen LogP contribution is 2.36. The number of nitrogens with zero attached hydrogens (tertiary/aromatic N) is 2. The Morgan fingerprint density at radius 2 is 1.79 bits per heavy atom. The molecule has 1 aliphatic heterocycles. The van der Waals surface area contributed by atoms with E-state index in [0.717, 1.165) is 23.9 Å². The molecule has 2 heterocycles. The quantitative estimate of drug-likeness (QED) is 0.530. The first-order valence-corrected chi connectivity index (χ1v) is 11.5. The molecule has 0 saturated carbocycles. The van der Waals surface area contributed by atoms with Crippen molar-refractivity contribution in [2.75, 3.05) is 6.26 Å². The fourth-order valence-electron chi connectivity index (χ4n) is 4.23. The van der Waals surface area contributed by atoms with E-state index in [-0.39, 0.29) is 0 Å². The molecular weight excluding hydrogens is 378 g/mol. The van der Waals surface area contributed by atoms with Gasteiger partial charge in [-0.15, -0.1) is 0 Å². The van der Waals surface area contributed by atoms with Crippen LogP contribution in [-0.4, -0.2) is 20.0 Å². The minimum absolute atomic E-state index is 0.356. The Balaban J connectivity index is 1.50. The fourth-order valence-corrected chi connectivity index (χ4v) is 4.60. The molecule has 0 amide bonds. The summed E-state index contributed by atoms with van der Waals surface area (Å²) in [5.74, 6) is 1.18. The third-order valence-corrected chi connectivity index (χ3v) is 6.22. The zero-order valence-corrected chi connectivity index (χ0v) is 17.2. The van der Waals surface area contributed by atoms with E-state index in [4.69, 9.17) is 4.98 Å². The molecule has 0 aliphatic carbocycles. The van der Waals surface area contributed by atoms with Gasteiger partial charge in [0.1, 0.15) is 5.82 Å². The predicted molar refractivity (Wildman–Crippen MR) is 119 cm³/mol. The number of hydrogen-bond acceptors (Lipinski definition) is 2. The second kappa shape index (κ2) is 7.58. The number of hydrogen-bond donors (Lipinski definition) is 1. The van der Waals surface area contributed by atoms with Crippen LogP contribution in [0.2, 0.25) is 0 Å². The Morgan fingerprint density at radius 3 is 2.55 bits per heavy atom. The van der Waals surface area contributed by atoms with Gasteiger partial charge < -0.3 is 4.57 Å². The summed E-state index contributed by atoms with van der Waals surface area (Å²) in [6.07, 6.45) is 3.77. The number of nitrogens with one attached hydrogen (secondary N) is 1. The van der Waals surface area contributed by atoms with E-state index in [1.54, 1.807) is 6.26 Å². The first kappa shape index (κ1) is 18.3. The van der Waals surface area contributed by atoms with E-state index in [2.05, 4.69) is 82.1 Å². The zero-order valence-electron chi connectivity index (χ0n) is 16.3. The number of imidazole rings is 1. The standard InChI is InChI=1S/C24H23N3OS/c1-29(28)25-16-17-7-9-18(10-8-17)20-11-12-21-23(15-20)27-22(13-14-24(27)26-21)19-5-3-2-4-6-19/h2-12,15,22,25H,13-14,16H2,1H3. The van der Waals surface area contributed by atoms with Crippen LogP contribution < -0.4 is 4.72 Å². The molecule has 5 rings (SSSR count). The summed E-state index contributed by atoms with van der Waals surface area (Å²) in [6.45, 7) is 0.608. The van der Waals surface area contributed by atoms with Crippen molar-refractivity contribution in [2.24, 2.45) is 0 Å². The number of rotatable bonds is 5. The van der Waals surface area contributed by atoms with E-state index < -0.39 is 11.0 Å². The average molecular weight is 402 g/mol. The molecule has 4 nitrogen and oxygen atoms in total. The van der Waals surface area contributed by atoms with Crippen LogP contribution in [0.4, 0.5) is 0 Å². The molecule has 29 heavy (non-hydrogen) atoms. The Kier molecular flexibility index (Phi) is 4.78. The van der Waals surface area contributed by atoms with E-state index >= 15 is 0 Å². The summed E-state index contributed by atoms with van der Waals surface area (Å²) < 4.78 is 16.6. The van der Waals surface area contributed by atoms with Gasteiger partial charge in [-0.3, -0.25) is 0 Å². The Labute approximate surface area is 173 Å². The normalized spacial score (nSPS) is 16.8. The van der Waals surface area contributed by atoms with Gasteiger partial charge in [-0.2, -0.15) is 0 Å². The van der Waals surface area contributed by atoms with Crippen molar-refractivity contribution in [3.8, 4) is 11.1 Å². The van der Waals surface area contributed by atoms with Gasteiger partial charge in [0.15, 0.2) is 0 Å². The first-order chi connectivity index (χ1) is 14.2. The zero-order chi connectivity index (χ0) is 19.8. The molecule has 1 aliphatic rings. The van der Waals surface area contributed by atoms with Crippen LogP contribution in [0.25, 0.3) is 22.2 Å². The van der Waals surface area contributed by atoms with Crippen LogP contribution >= 0.6 is 0 Å². The molecule has 1 aromatic heterocycles. The van der Waals surface area contributed by atoms with Crippen molar-refractivity contribution in [3.63, 3.8) is 0 Å². The molecule has 3 aromatic carbocycles. The lowest BCUT2D eigenvalue weighted by atomic mass is 10.0. The van der Waals surface area contributed by atoms with Crippen molar-refractivity contribution >= 4 is 22.0 Å². The molecule has 0 fully saturated rings. The van der Waals surface area contributed by atoms with Gasteiger partial charge in [-0.25, -0.2) is 13.9 Å². The summed E-state index contributed by atoms with van der Waals surface area (Å²) in [6, 6.07) is 26.1. The average Bonchev–Trinajstić information content (AvgIpc) is 3.32. The van der Waals surface area contributed by atoms with Crippen molar-refractivity contribution < 1.29 is 4.21 Å². The molecular formula is C24H23N3OS. The summed E-state index contributed by atoms with van der Waals surface area (Å²) in [5.41, 5.74) is 7.11. The van der Waals surface area contributed by atoms with Gasteiger partial charge in [0.25, 0.3) is 0 Å². The maximum Gasteiger partial charge on any atom is 0.110 e. The van der Waals surface area contributed by atoms with E-state index in [0.29, 0.717) is 12.6 Å². The van der Waals surface area contributed by atoms with Crippen molar-refractivity contribution in [1.82, 2.24) is 14.3 Å². The van der Waals surface area contributed by atoms with Gasteiger partial charge in [-0.1, -0.05) is 60.7 Å². The van der Waals surface area contributed by atoms with Crippen LogP contribution in [-0.2, 0) is 24.0 Å². The third kappa shape index (κ3) is 3.52. The van der Waals surface area contributed by atoms with E-state index in [1.807, 2.05) is 0 Å². The fraction of sp³-hybridized carbons (Fsp3) is 0.208. The SMILES string of the molecule is CS(=O)NCc1ccc(-c2ccc3nc4n(c3c2)C(c2ccccc2)CC4)cc1. The van der Waals surface area contributed by atoms with Crippen LogP contribution in [0.3, 0.4) is 0 Å². The lowest BCUT2D eigenvalue weighted by molar-refractivity contribution is 0.637. The highest BCUT2D eigenvalue weighted by atomic mass is 32.2. The smallest absolute Gasteiger partial charge is 0.110 e. The second-order valence-electron chi connectivity index (χ2n) is 7.54. The molecule has 0 bridgehead atoms. The topological polar surface area (TPSA) is 46.9 Å². The minimum Gasteiger partial charge on any atom is -0.320 e. The van der Waals surface area contributed by atoms with Crippen LogP contribution in [0.15, 0.2) is 72.8 Å². The number of benzene rings is 3. The Hall–Kier alpha value is -2.76. The second-order valence-corrected chi connectivity index (χ2v) is 8.74. The first-order valence-electron chi connectivity index (χ1n) is 9.91. The molecule has 2 atom stereocenters. The maximum absolute atomic E-state index is 11.2. The molecule has 2 unspecified atom stereocenters. The highest BCUT2D eigenvalue weighted by Gasteiger charge is 2.27. The highest BCUT2D eigenvalue weighted by molar-refractivity contribution is 7.82. The van der Waals surface area contributed by atoms with Crippen LogP contribution in [0.1, 0.15) is 29.4 Å². The molecule has 5 heteroatoms. The Morgan fingerprint density at radius 1 is 1.03 bits per heavy atom.